The zero-order chi connectivity index (χ0) is 10.4. The summed E-state index contributed by atoms with van der Waals surface area (Å²) in [5.74, 6) is 1.43. The van der Waals surface area contributed by atoms with Crippen molar-refractivity contribution in [3.05, 3.63) is 11.7 Å². The summed E-state index contributed by atoms with van der Waals surface area (Å²) in [6.45, 7) is 7.12. The minimum absolute atomic E-state index is 0.614. The van der Waals surface area contributed by atoms with Gasteiger partial charge in [0.2, 0.25) is 5.89 Å². The molecule has 0 aromatic carbocycles. The van der Waals surface area contributed by atoms with Crippen LogP contribution in [0.5, 0.6) is 0 Å². The maximum Gasteiger partial charge on any atom is 0.223 e. The first kappa shape index (κ1) is 11.2. The number of hydrogen-bond donors (Lipinski definition) is 1. The first-order valence-corrected chi connectivity index (χ1v) is 5.28. The number of nitrogens with one attached hydrogen (secondary N) is 1. The smallest absolute Gasteiger partial charge is 0.223 e. The monoisotopic (exact) mass is 197 g/mol. The van der Waals surface area contributed by atoms with Gasteiger partial charge in [-0.25, -0.2) is 0 Å². The average molecular weight is 197 g/mol. The second-order valence-electron chi connectivity index (χ2n) is 3.45. The highest BCUT2D eigenvalue weighted by Crippen LogP contribution is 1.98. The van der Waals surface area contributed by atoms with Crippen molar-refractivity contribution in [2.75, 3.05) is 6.54 Å². The van der Waals surface area contributed by atoms with Crippen LogP contribution in [0.25, 0.3) is 0 Å². The van der Waals surface area contributed by atoms with Crippen molar-refractivity contribution < 1.29 is 4.52 Å². The lowest BCUT2D eigenvalue weighted by Gasteiger charge is -2.13. The van der Waals surface area contributed by atoms with Crippen molar-refractivity contribution in [2.24, 2.45) is 0 Å². The van der Waals surface area contributed by atoms with Crippen molar-refractivity contribution in [1.29, 1.82) is 0 Å². The Bertz CT molecular complexity index is 256. The summed E-state index contributed by atoms with van der Waals surface area (Å²) in [5.41, 5.74) is 0. The van der Waals surface area contributed by atoms with Crippen LogP contribution in [0.3, 0.4) is 0 Å². The molecular formula is C10H19N3O. The molecule has 0 fully saturated rings. The van der Waals surface area contributed by atoms with E-state index in [1.54, 1.807) is 0 Å². The van der Waals surface area contributed by atoms with Gasteiger partial charge in [0.1, 0.15) is 0 Å². The molecular weight excluding hydrogens is 178 g/mol. The SMILES string of the molecule is CCC(CC)NCCc1noc(C)n1. The van der Waals surface area contributed by atoms with Crippen LogP contribution in [0, 0.1) is 6.92 Å². The predicted molar refractivity (Wildman–Crippen MR) is 55.1 cm³/mol. The molecule has 0 bridgehead atoms. The highest BCUT2D eigenvalue weighted by Gasteiger charge is 2.04. The minimum atomic E-state index is 0.614. The third-order valence-corrected chi connectivity index (χ3v) is 2.34. The van der Waals surface area contributed by atoms with E-state index in [9.17, 15) is 0 Å². The molecule has 0 amide bonds. The lowest BCUT2D eigenvalue weighted by atomic mass is 10.2. The van der Waals surface area contributed by atoms with Crippen molar-refractivity contribution in [1.82, 2.24) is 15.5 Å². The Hall–Kier alpha value is -0.900. The van der Waals surface area contributed by atoms with E-state index in [-0.39, 0.29) is 0 Å². The molecule has 0 radical (unpaired) electrons. The Morgan fingerprint density at radius 1 is 1.36 bits per heavy atom. The van der Waals surface area contributed by atoms with Gasteiger partial charge >= 0.3 is 0 Å². The minimum Gasteiger partial charge on any atom is -0.340 e. The Morgan fingerprint density at radius 3 is 2.57 bits per heavy atom. The highest BCUT2D eigenvalue weighted by atomic mass is 16.5. The summed E-state index contributed by atoms with van der Waals surface area (Å²) in [7, 11) is 0. The first-order valence-electron chi connectivity index (χ1n) is 5.28. The van der Waals surface area contributed by atoms with Gasteiger partial charge in [0.15, 0.2) is 5.82 Å². The number of rotatable bonds is 6. The number of nitrogens with zero attached hydrogens (tertiary/aromatic N) is 2. The summed E-state index contributed by atoms with van der Waals surface area (Å²) in [6, 6.07) is 0.614. The Kier molecular flexibility index (Phi) is 4.59. The molecule has 14 heavy (non-hydrogen) atoms. The van der Waals surface area contributed by atoms with Gasteiger partial charge in [0, 0.05) is 25.9 Å². The van der Waals surface area contributed by atoms with Crippen LogP contribution in [0.15, 0.2) is 4.52 Å². The van der Waals surface area contributed by atoms with E-state index in [1.807, 2.05) is 6.92 Å². The van der Waals surface area contributed by atoms with Crippen LogP contribution >= 0.6 is 0 Å². The van der Waals surface area contributed by atoms with Crippen molar-refractivity contribution >= 4 is 0 Å². The van der Waals surface area contributed by atoms with Crippen LogP contribution in [0.1, 0.15) is 38.4 Å². The number of aryl methyl sites for hydroxylation is 1. The van der Waals surface area contributed by atoms with Gasteiger partial charge in [-0.1, -0.05) is 19.0 Å². The van der Waals surface area contributed by atoms with E-state index < -0.39 is 0 Å². The standard InChI is InChI=1S/C10H19N3O/c1-4-9(5-2)11-7-6-10-12-8(3)14-13-10/h9,11H,4-7H2,1-3H3. The molecule has 0 unspecified atom stereocenters. The van der Waals surface area contributed by atoms with Gasteiger partial charge < -0.3 is 9.84 Å². The largest absolute Gasteiger partial charge is 0.340 e. The number of aromatic nitrogens is 2. The molecule has 0 aliphatic carbocycles. The van der Waals surface area contributed by atoms with Crippen LogP contribution in [-0.4, -0.2) is 22.7 Å². The van der Waals surface area contributed by atoms with Gasteiger partial charge in [0.25, 0.3) is 0 Å². The quantitative estimate of drug-likeness (QED) is 0.754. The summed E-state index contributed by atoms with van der Waals surface area (Å²) in [6.07, 6.45) is 3.18. The highest BCUT2D eigenvalue weighted by molar-refractivity contribution is 4.84. The van der Waals surface area contributed by atoms with Crippen LogP contribution in [0.4, 0.5) is 0 Å². The van der Waals surface area contributed by atoms with Gasteiger partial charge in [-0.2, -0.15) is 4.98 Å². The molecule has 1 aromatic heterocycles. The summed E-state index contributed by atoms with van der Waals surface area (Å²) >= 11 is 0. The van der Waals surface area contributed by atoms with Crippen molar-refractivity contribution in [2.45, 2.75) is 46.1 Å². The normalized spacial score (nSPS) is 11.1. The Labute approximate surface area is 85.1 Å². The zero-order valence-electron chi connectivity index (χ0n) is 9.21. The Morgan fingerprint density at radius 2 is 2.07 bits per heavy atom. The summed E-state index contributed by atoms with van der Waals surface area (Å²) < 4.78 is 4.89. The van der Waals surface area contributed by atoms with Gasteiger partial charge in [-0.15, -0.1) is 0 Å². The molecule has 0 spiro atoms. The molecule has 0 saturated carbocycles. The lowest BCUT2D eigenvalue weighted by molar-refractivity contribution is 0.385. The lowest BCUT2D eigenvalue weighted by Crippen LogP contribution is -2.29. The van der Waals surface area contributed by atoms with E-state index in [2.05, 4.69) is 29.3 Å². The molecule has 0 aliphatic rings. The molecule has 80 valence electrons. The molecule has 1 heterocycles. The third-order valence-electron chi connectivity index (χ3n) is 2.34. The maximum absolute atomic E-state index is 4.89. The van der Waals surface area contributed by atoms with Crippen molar-refractivity contribution in [3.63, 3.8) is 0 Å². The van der Waals surface area contributed by atoms with E-state index in [1.165, 1.54) is 12.8 Å². The van der Waals surface area contributed by atoms with Crippen LogP contribution in [0.2, 0.25) is 0 Å². The van der Waals surface area contributed by atoms with Crippen LogP contribution in [-0.2, 0) is 6.42 Å². The number of hydrogen-bond acceptors (Lipinski definition) is 4. The third kappa shape index (κ3) is 3.46. The maximum atomic E-state index is 4.89. The molecule has 1 aromatic rings. The van der Waals surface area contributed by atoms with Gasteiger partial charge in [-0.3, -0.25) is 0 Å². The molecule has 0 aliphatic heterocycles. The van der Waals surface area contributed by atoms with Crippen LogP contribution < -0.4 is 5.32 Å². The molecule has 0 saturated heterocycles. The van der Waals surface area contributed by atoms with Gasteiger partial charge in [-0.05, 0) is 12.8 Å². The average Bonchev–Trinajstić information content (AvgIpc) is 2.59. The summed E-state index contributed by atoms with van der Waals surface area (Å²) in [5, 5.41) is 7.29. The van der Waals surface area contributed by atoms with Gasteiger partial charge in [0.05, 0.1) is 0 Å². The molecule has 4 heteroatoms. The van der Waals surface area contributed by atoms with Crippen molar-refractivity contribution in [3.8, 4) is 0 Å². The molecule has 1 N–H and O–H groups in total. The second-order valence-corrected chi connectivity index (χ2v) is 3.45. The fourth-order valence-corrected chi connectivity index (χ4v) is 1.41. The molecule has 1 rings (SSSR count). The predicted octanol–water partition coefficient (Wildman–Crippen LogP) is 1.70. The topological polar surface area (TPSA) is 51.0 Å². The fourth-order valence-electron chi connectivity index (χ4n) is 1.41. The first-order chi connectivity index (χ1) is 6.76. The second kappa shape index (κ2) is 5.75. The van der Waals surface area contributed by atoms with E-state index in [0.717, 1.165) is 18.8 Å². The summed E-state index contributed by atoms with van der Waals surface area (Å²) in [4.78, 5) is 4.14. The van der Waals surface area contributed by atoms with E-state index >= 15 is 0 Å². The molecule has 0 atom stereocenters. The zero-order valence-corrected chi connectivity index (χ0v) is 9.21. The molecule has 4 nitrogen and oxygen atoms in total. The van der Waals surface area contributed by atoms with E-state index in [0.29, 0.717) is 11.9 Å². The van der Waals surface area contributed by atoms with E-state index in [4.69, 9.17) is 4.52 Å². The Balaban J connectivity index is 2.21. The fraction of sp³-hybridized carbons (Fsp3) is 0.800.